The number of halogens is 1. The molecule has 0 saturated carbocycles. The molecular weight excluding hydrogens is 256 g/mol. The van der Waals surface area contributed by atoms with Crippen molar-refractivity contribution < 1.29 is 4.79 Å². The zero-order valence-corrected chi connectivity index (χ0v) is 10.1. The van der Waals surface area contributed by atoms with Gasteiger partial charge in [0.15, 0.2) is 6.29 Å². The van der Waals surface area contributed by atoms with Crippen LogP contribution < -0.4 is 0 Å². The molecule has 2 rings (SSSR count). The second-order valence-corrected chi connectivity index (χ2v) is 4.56. The summed E-state index contributed by atoms with van der Waals surface area (Å²) >= 11 is 3.53. The summed E-state index contributed by atoms with van der Waals surface area (Å²) in [6.45, 7) is 4.20. The number of H-pyrrole nitrogens is 1. The van der Waals surface area contributed by atoms with Crippen LogP contribution in [0, 0.1) is 0 Å². The molecule has 0 amide bonds. The van der Waals surface area contributed by atoms with E-state index in [9.17, 15) is 4.79 Å². The number of aromatic nitrogens is 2. The molecule has 78 valence electrons. The predicted molar refractivity (Wildman–Crippen MR) is 63.3 cm³/mol. The minimum Gasteiger partial charge on any atom is -0.345 e. The van der Waals surface area contributed by atoms with Crippen molar-refractivity contribution in [3.05, 3.63) is 28.0 Å². The van der Waals surface area contributed by atoms with Gasteiger partial charge in [-0.1, -0.05) is 13.8 Å². The smallest absolute Gasteiger partial charge is 0.152 e. The molecule has 0 saturated heterocycles. The number of carbonyl (C=O) groups is 1. The molecule has 0 aliphatic rings. The lowest BCUT2D eigenvalue weighted by Crippen LogP contribution is -1.92. The first-order valence-corrected chi connectivity index (χ1v) is 5.55. The Hall–Kier alpha value is -1.16. The number of hydrogen-bond acceptors (Lipinski definition) is 2. The molecule has 0 aliphatic carbocycles. The Kier molecular flexibility index (Phi) is 2.61. The highest BCUT2D eigenvalue weighted by Gasteiger charge is 2.13. The van der Waals surface area contributed by atoms with Gasteiger partial charge in [-0.15, -0.1) is 0 Å². The Morgan fingerprint density at radius 2 is 2.27 bits per heavy atom. The average molecular weight is 267 g/mol. The molecule has 0 unspecified atom stereocenters. The quantitative estimate of drug-likeness (QED) is 0.849. The van der Waals surface area contributed by atoms with Crippen LogP contribution in [-0.4, -0.2) is 16.3 Å². The number of hydrogen-bond donors (Lipinski definition) is 1. The van der Waals surface area contributed by atoms with Crippen LogP contribution in [0.15, 0.2) is 16.9 Å². The fourth-order valence-corrected chi connectivity index (χ4v) is 2.57. The van der Waals surface area contributed by atoms with E-state index in [1.165, 1.54) is 0 Å². The van der Waals surface area contributed by atoms with Crippen molar-refractivity contribution in [2.45, 2.75) is 19.8 Å². The monoisotopic (exact) mass is 266 g/mol. The molecule has 0 aliphatic heterocycles. The zero-order valence-electron chi connectivity index (χ0n) is 8.54. The van der Waals surface area contributed by atoms with Gasteiger partial charge in [0.05, 0.1) is 0 Å². The summed E-state index contributed by atoms with van der Waals surface area (Å²) in [5.41, 5.74) is 2.51. The van der Waals surface area contributed by atoms with Gasteiger partial charge in [-0.3, -0.25) is 4.79 Å². The molecule has 0 spiro atoms. The summed E-state index contributed by atoms with van der Waals surface area (Å²) < 4.78 is 0.964. The molecule has 2 heterocycles. The molecular formula is C11H11BrN2O. The van der Waals surface area contributed by atoms with Gasteiger partial charge >= 0.3 is 0 Å². The first-order chi connectivity index (χ1) is 7.15. The maximum atomic E-state index is 10.8. The summed E-state index contributed by atoms with van der Waals surface area (Å²) in [7, 11) is 0. The Bertz CT molecular complexity index is 517. The van der Waals surface area contributed by atoms with Crippen molar-refractivity contribution in [3.8, 4) is 0 Å². The summed E-state index contributed by atoms with van der Waals surface area (Å²) in [5.74, 6) is 0.380. The number of fused-ring (bicyclic) bond motifs is 1. The van der Waals surface area contributed by atoms with Crippen molar-refractivity contribution in [1.29, 1.82) is 0 Å². The van der Waals surface area contributed by atoms with E-state index < -0.39 is 0 Å². The molecule has 2 aromatic rings. The van der Waals surface area contributed by atoms with Crippen LogP contribution >= 0.6 is 15.9 Å². The third kappa shape index (κ3) is 1.59. The van der Waals surface area contributed by atoms with Crippen LogP contribution in [-0.2, 0) is 0 Å². The summed E-state index contributed by atoms with van der Waals surface area (Å²) in [6, 6.07) is 0. The van der Waals surface area contributed by atoms with Crippen molar-refractivity contribution >= 4 is 33.2 Å². The summed E-state index contributed by atoms with van der Waals surface area (Å²) in [4.78, 5) is 18.1. The minimum absolute atomic E-state index is 0.380. The summed E-state index contributed by atoms with van der Waals surface area (Å²) in [5, 5.41) is 0.871. The highest BCUT2D eigenvalue weighted by molar-refractivity contribution is 9.10. The van der Waals surface area contributed by atoms with E-state index >= 15 is 0 Å². The average Bonchev–Trinajstić information content (AvgIpc) is 2.61. The van der Waals surface area contributed by atoms with E-state index in [1.807, 2.05) is 6.20 Å². The van der Waals surface area contributed by atoms with E-state index in [-0.39, 0.29) is 0 Å². The lowest BCUT2D eigenvalue weighted by molar-refractivity contribution is 0.112. The molecule has 0 bridgehead atoms. The number of aromatic amines is 1. The van der Waals surface area contributed by atoms with Gasteiger partial charge in [0.2, 0.25) is 0 Å². The van der Waals surface area contributed by atoms with Gasteiger partial charge in [0.25, 0.3) is 0 Å². The van der Waals surface area contributed by atoms with Crippen molar-refractivity contribution in [2.75, 3.05) is 0 Å². The molecule has 4 heteroatoms. The number of pyridine rings is 1. The zero-order chi connectivity index (χ0) is 11.0. The topological polar surface area (TPSA) is 45.8 Å². The Morgan fingerprint density at radius 1 is 1.53 bits per heavy atom. The van der Waals surface area contributed by atoms with E-state index in [1.54, 1.807) is 6.20 Å². The Labute approximate surface area is 96.0 Å². The van der Waals surface area contributed by atoms with Gasteiger partial charge in [0.1, 0.15) is 5.65 Å². The minimum atomic E-state index is 0.380. The number of aldehydes is 1. The van der Waals surface area contributed by atoms with Crippen LogP contribution in [0.2, 0.25) is 0 Å². The van der Waals surface area contributed by atoms with Crippen LogP contribution in [0.4, 0.5) is 0 Å². The molecule has 1 N–H and O–H groups in total. The van der Waals surface area contributed by atoms with Crippen molar-refractivity contribution in [1.82, 2.24) is 9.97 Å². The second kappa shape index (κ2) is 3.77. The molecule has 0 aromatic carbocycles. The number of carbonyl (C=O) groups excluding carboxylic acids is 1. The highest BCUT2D eigenvalue weighted by atomic mass is 79.9. The van der Waals surface area contributed by atoms with Gasteiger partial charge < -0.3 is 4.98 Å². The lowest BCUT2D eigenvalue weighted by Gasteiger charge is -2.08. The Balaban J connectivity index is 2.80. The summed E-state index contributed by atoms with van der Waals surface area (Å²) in [6.07, 6.45) is 4.36. The predicted octanol–water partition coefficient (Wildman–Crippen LogP) is 3.26. The molecule has 15 heavy (non-hydrogen) atoms. The number of nitrogens with one attached hydrogen (secondary N) is 1. The first-order valence-electron chi connectivity index (χ1n) is 4.75. The fraction of sp³-hybridized carbons (Fsp3) is 0.273. The first kappa shape index (κ1) is 10.4. The van der Waals surface area contributed by atoms with E-state index in [0.717, 1.165) is 27.4 Å². The lowest BCUT2D eigenvalue weighted by atomic mass is 10.0. The maximum Gasteiger partial charge on any atom is 0.152 e. The van der Waals surface area contributed by atoms with Gasteiger partial charge in [0, 0.05) is 27.8 Å². The third-order valence-electron chi connectivity index (χ3n) is 2.44. The van der Waals surface area contributed by atoms with E-state index in [4.69, 9.17) is 0 Å². The maximum absolute atomic E-state index is 10.8. The van der Waals surface area contributed by atoms with Crippen molar-refractivity contribution in [2.24, 2.45) is 0 Å². The van der Waals surface area contributed by atoms with Crippen LogP contribution in [0.1, 0.15) is 35.7 Å². The fourth-order valence-electron chi connectivity index (χ4n) is 1.59. The highest BCUT2D eigenvalue weighted by Crippen LogP contribution is 2.31. The molecule has 2 aromatic heterocycles. The molecule has 0 fully saturated rings. The van der Waals surface area contributed by atoms with Gasteiger partial charge in [-0.25, -0.2) is 4.98 Å². The van der Waals surface area contributed by atoms with Gasteiger partial charge in [-0.2, -0.15) is 0 Å². The van der Waals surface area contributed by atoms with E-state index in [2.05, 4.69) is 39.7 Å². The largest absolute Gasteiger partial charge is 0.345 e. The number of nitrogens with zero attached hydrogens (tertiary/aromatic N) is 1. The molecule has 0 atom stereocenters. The third-order valence-corrected chi connectivity index (χ3v) is 3.30. The van der Waals surface area contributed by atoms with Crippen LogP contribution in [0.25, 0.3) is 11.0 Å². The standard InChI is InChI=1S/C11H11BrN2O/c1-6(2)8-4-14-11-9(10(8)12)7(5-15)3-13-11/h3-6H,1-2H3,(H,13,14). The Morgan fingerprint density at radius 3 is 2.87 bits per heavy atom. The van der Waals surface area contributed by atoms with E-state index in [0.29, 0.717) is 11.5 Å². The van der Waals surface area contributed by atoms with Crippen LogP contribution in [0.3, 0.4) is 0 Å². The van der Waals surface area contributed by atoms with Gasteiger partial charge in [-0.05, 0) is 27.4 Å². The SMILES string of the molecule is CC(C)c1cnc2[nH]cc(C=O)c2c1Br. The normalized spacial score (nSPS) is 11.2. The molecule has 0 radical (unpaired) electrons. The van der Waals surface area contributed by atoms with Crippen molar-refractivity contribution in [3.63, 3.8) is 0 Å². The number of rotatable bonds is 2. The second-order valence-electron chi connectivity index (χ2n) is 3.77. The van der Waals surface area contributed by atoms with Crippen LogP contribution in [0.5, 0.6) is 0 Å². The molecule has 3 nitrogen and oxygen atoms in total.